The molecule has 1 aliphatic rings. The second kappa shape index (κ2) is 16.2. The first kappa shape index (κ1) is 38.8. The van der Waals surface area contributed by atoms with Crippen LogP contribution in [-0.4, -0.2) is 58.1 Å². The predicted molar refractivity (Wildman–Crippen MR) is 192 cm³/mol. The quantitative estimate of drug-likeness (QED) is 0.0923. The minimum absolute atomic E-state index is 0.0162. The molecule has 0 bridgehead atoms. The fourth-order valence-corrected chi connectivity index (χ4v) is 6.93. The van der Waals surface area contributed by atoms with Crippen LogP contribution in [0.4, 0.5) is 13.2 Å². The van der Waals surface area contributed by atoms with Gasteiger partial charge < -0.3 is 19.5 Å². The normalized spacial score (nSPS) is 16.3. The minimum Gasteiger partial charge on any atom is -0.496 e. The summed E-state index contributed by atoms with van der Waals surface area (Å²) >= 11 is 0. The Labute approximate surface area is 310 Å². The average Bonchev–Trinajstić information content (AvgIpc) is 3.68. The van der Waals surface area contributed by atoms with E-state index in [4.69, 9.17) is 27.8 Å². The number of phosphoric ester groups is 1. The van der Waals surface area contributed by atoms with Crippen LogP contribution in [0.25, 0.3) is 16.9 Å². The van der Waals surface area contributed by atoms with E-state index in [1.165, 1.54) is 30.0 Å². The van der Waals surface area contributed by atoms with Crippen LogP contribution in [0, 0.1) is 6.92 Å². The summed E-state index contributed by atoms with van der Waals surface area (Å²) in [5, 5.41) is 7.11. The Balaban J connectivity index is 1.23. The number of aryl methyl sites for hydroxylation is 1. The summed E-state index contributed by atoms with van der Waals surface area (Å²) in [6, 6.07) is 22.1. The van der Waals surface area contributed by atoms with Crippen molar-refractivity contribution in [3.05, 3.63) is 107 Å². The first-order valence-corrected chi connectivity index (χ1v) is 18.5. The van der Waals surface area contributed by atoms with Crippen molar-refractivity contribution < 1.29 is 50.3 Å². The van der Waals surface area contributed by atoms with Gasteiger partial charge in [-0.05, 0) is 51.0 Å². The van der Waals surface area contributed by atoms with E-state index in [9.17, 15) is 22.5 Å². The third-order valence-electron chi connectivity index (χ3n) is 8.78. The molecule has 3 atom stereocenters. The van der Waals surface area contributed by atoms with Crippen molar-refractivity contribution in [1.82, 2.24) is 19.9 Å². The Bertz CT molecular complexity index is 2090. The highest BCUT2D eigenvalue weighted by Gasteiger charge is 2.41. The number of amides is 1. The number of fused-ring (bicyclic) bond motifs is 1. The van der Waals surface area contributed by atoms with E-state index in [2.05, 4.69) is 15.4 Å². The lowest BCUT2D eigenvalue weighted by Crippen LogP contribution is -2.40. The van der Waals surface area contributed by atoms with Crippen molar-refractivity contribution >= 4 is 19.4 Å². The van der Waals surface area contributed by atoms with E-state index in [0.29, 0.717) is 28.3 Å². The number of ether oxygens (including phenoxy) is 3. The topological polar surface area (TPSA) is 132 Å². The first-order valence-electron chi connectivity index (χ1n) is 17.1. The number of methoxy groups -OCH3 is 1. The Hall–Kier alpha value is -4.95. The molecule has 0 aliphatic heterocycles. The van der Waals surface area contributed by atoms with Gasteiger partial charge in [0.2, 0.25) is 0 Å². The zero-order valence-corrected chi connectivity index (χ0v) is 31.1. The molecule has 0 spiro atoms. The molecule has 2 heterocycles. The molecule has 54 heavy (non-hydrogen) atoms. The number of rotatable bonds is 17. The van der Waals surface area contributed by atoms with Gasteiger partial charge in [-0.25, -0.2) is 18.5 Å². The molecule has 0 radical (unpaired) electrons. The molecule has 2 aromatic heterocycles. The molecule has 286 valence electrons. The summed E-state index contributed by atoms with van der Waals surface area (Å²) in [5.41, 5.74) is 1.45. The number of imidazole rings is 1. The second-order valence-electron chi connectivity index (χ2n) is 13.2. The van der Waals surface area contributed by atoms with Gasteiger partial charge in [-0.2, -0.15) is 13.9 Å². The van der Waals surface area contributed by atoms with E-state index in [1.807, 2.05) is 60.7 Å². The Morgan fingerprint density at radius 1 is 0.963 bits per heavy atom. The van der Waals surface area contributed by atoms with Gasteiger partial charge in [0.25, 0.3) is 5.91 Å². The number of hydrogen-bond donors (Lipinski definition) is 1. The molecular formula is C38H40F3N4O8P. The molecule has 16 heteroatoms. The number of aromatic nitrogens is 3. The number of phosphoric acid groups is 1. The van der Waals surface area contributed by atoms with Crippen molar-refractivity contribution in [3.8, 4) is 28.5 Å². The number of carbonyl (C=O) groups excluding carboxylic acids is 1. The van der Waals surface area contributed by atoms with Crippen LogP contribution >= 0.6 is 7.82 Å². The molecule has 1 fully saturated rings. The molecule has 1 unspecified atom stereocenters. The highest BCUT2D eigenvalue weighted by atomic mass is 31.2. The van der Waals surface area contributed by atoms with Gasteiger partial charge in [-0.3, -0.25) is 18.4 Å². The monoisotopic (exact) mass is 768 g/mol. The molecule has 3 aromatic carbocycles. The number of carbonyl (C=O) groups is 1. The van der Waals surface area contributed by atoms with Crippen molar-refractivity contribution in [2.24, 2.45) is 0 Å². The first-order chi connectivity index (χ1) is 25.7. The van der Waals surface area contributed by atoms with Crippen molar-refractivity contribution in [3.63, 3.8) is 0 Å². The molecule has 6 rings (SSSR count). The van der Waals surface area contributed by atoms with Crippen molar-refractivity contribution in [2.45, 2.75) is 77.9 Å². The van der Waals surface area contributed by atoms with Crippen molar-refractivity contribution in [2.75, 3.05) is 7.11 Å². The Morgan fingerprint density at radius 3 is 2.11 bits per heavy atom. The van der Waals surface area contributed by atoms with Gasteiger partial charge in [0.1, 0.15) is 46.4 Å². The average molecular weight is 769 g/mol. The fourth-order valence-electron chi connectivity index (χ4n) is 5.41. The molecule has 1 amide bonds. The lowest BCUT2D eigenvalue weighted by molar-refractivity contribution is -0.0502. The van der Waals surface area contributed by atoms with Crippen LogP contribution in [-0.2, 0) is 31.4 Å². The summed E-state index contributed by atoms with van der Waals surface area (Å²) in [7, 11) is -2.90. The summed E-state index contributed by atoms with van der Waals surface area (Å²) in [5.74, 6) is -1.01. The van der Waals surface area contributed by atoms with Gasteiger partial charge >= 0.3 is 14.4 Å². The third-order valence-corrected chi connectivity index (χ3v) is 10.4. The van der Waals surface area contributed by atoms with Crippen LogP contribution in [0.15, 0.2) is 85.1 Å². The lowest BCUT2D eigenvalue weighted by Gasteiger charge is -2.34. The Kier molecular flexibility index (Phi) is 11.6. The predicted octanol–water partition coefficient (Wildman–Crippen LogP) is 8.26. The maximum atomic E-state index is 14.1. The number of benzene rings is 3. The largest absolute Gasteiger partial charge is 0.496 e. The summed E-state index contributed by atoms with van der Waals surface area (Å²) in [6.45, 7) is 3.55. The number of hydrogen-bond acceptors (Lipinski definition) is 10. The van der Waals surface area contributed by atoms with E-state index in [1.54, 1.807) is 33.8 Å². The van der Waals surface area contributed by atoms with E-state index in [-0.39, 0.29) is 30.9 Å². The van der Waals surface area contributed by atoms with Crippen LogP contribution in [0.2, 0.25) is 0 Å². The number of alkyl halides is 3. The summed E-state index contributed by atoms with van der Waals surface area (Å²) < 4.78 is 90.4. The Morgan fingerprint density at radius 2 is 1.56 bits per heavy atom. The molecule has 1 saturated carbocycles. The highest BCUT2D eigenvalue weighted by Crippen LogP contribution is 2.55. The SMILES string of the molecule is COc1cc(-c2cnc3cc(O[C@@H](C)C(C)(C)OP(=O)(OCc4ccccc4)OCc4ccccc4)c(C)nn23)cc(OC(F)F)c1C(=O)NC1C[C@@H]1F. The molecular weight excluding hydrogens is 728 g/mol. The van der Waals surface area contributed by atoms with Crippen LogP contribution in [0.5, 0.6) is 17.2 Å². The molecule has 0 saturated heterocycles. The van der Waals surface area contributed by atoms with Gasteiger partial charge in [0, 0.05) is 18.1 Å². The summed E-state index contributed by atoms with van der Waals surface area (Å²) in [4.78, 5) is 17.4. The van der Waals surface area contributed by atoms with Gasteiger partial charge in [0.15, 0.2) is 5.65 Å². The van der Waals surface area contributed by atoms with Crippen molar-refractivity contribution in [1.29, 1.82) is 0 Å². The zero-order chi connectivity index (χ0) is 38.6. The number of nitrogens with zero attached hydrogens (tertiary/aromatic N) is 3. The van der Waals surface area contributed by atoms with E-state index in [0.717, 1.165) is 11.1 Å². The van der Waals surface area contributed by atoms with Crippen LogP contribution in [0.3, 0.4) is 0 Å². The molecule has 5 aromatic rings. The maximum absolute atomic E-state index is 14.1. The molecule has 1 aliphatic carbocycles. The maximum Gasteiger partial charge on any atom is 0.476 e. The van der Waals surface area contributed by atoms with Crippen LogP contribution in [0.1, 0.15) is 54.4 Å². The lowest BCUT2D eigenvalue weighted by atomic mass is 10.0. The molecule has 12 nitrogen and oxygen atoms in total. The smallest absolute Gasteiger partial charge is 0.476 e. The summed E-state index contributed by atoms with van der Waals surface area (Å²) in [6.07, 6.45) is -0.345. The van der Waals surface area contributed by atoms with Crippen LogP contribution < -0.4 is 19.5 Å². The third kappa shape index (κ3) is 9.22. The minimum atomic E-state index is -4.17. The number of halogens is 3. The zero-order valence-electron chi connectivity index (χ0n) is 30.2. The van der Waals surface area contributed by atoms with E-state index < -0.39 is 50.0 Å². The molecule has 1 N–H and O–H groups in total. The number of nitrogens with one attached hydrogen (secondary N) is 1. The fraction of sp³-hybridized carbons (Fsp3) is 0.342. The second-order valence-corrected chi connectivity index (χ2v) is 14.8. The van der Waals surface area contributed by atoms with Gasteiger partial charge in [-0.1, -0.05) is 60.7 Å². The van der Waals surface area contributed by atoms with E-state index >= 15 is 0 Å². The van der Waals surface area contributed by atoms with Gasteiger partial charge in [0.05, 0.1) is 38.3 Å². The standard InChI is InChI=1S/C38H40F3N4O8P/c1-23-31(51-24(2)38(3,4)53-54(47,49-21-25-12-8-6-9-13-25)50-22-26-14-10-7-11-15-26)19-34-42-20-30(45(34)44-23)27-16-32(48-5)35(33(17-27)52-37(40)41)36(46)43-29-18-28(29)39/h6-17,19-20,24,28-29,37H,18,21-22H2,1-5H3,(H,43,46)/t24-,28-,29?/m0/s1. The van der Waals surface area contributed by atoms with Gasteiger partial charge in [-0.15, -0.1) is 0 Å². The highest BCUT2D eigenvalue weighted by molar-refractivity contribution is 7.48.